The highest BCUT2D eigenvalue weighted by molar-refractivity contribution is 9.10. The summed E-state index contributed by atoms with van der Waals surface area (Å²) in [5.74, 6) is -0.904. The number of aromatic nitrogens is 2. The molecule has 0 atom stereocenters. The molecule has 1 heterocycles. The van der Waals surface area contributed by atoms with Crippen molar-refractivity contribution in [1.82, 2.24) is 9.78 Å². The summed E-state index contributed by atoms with van der Waals surface area (Å²) in [6.45, 7) is 3.70. The van der Waals surface area contributed by atoms with E-state index < -0.39 is 5.97 Å². The maximum absolute atomic E-state index is 11.0. The Kier molecular flexibility index (Phi) is 3.02. The first-order chi connectivity index (χ1) is 8.00. The van der Waals surface area contributed by atoms with Crippen molar-refractivity contribution < 1.29 is 9.90 Å². The zero-order valence-electron chi connectivity index (χ0n) is 9.44. The van der Waals surface area contributed by atoms with E-state index in [-0.39, 0.29) is 0 Å². The second kappa shape index (κ2) is 4.33. The molecule has 4 nitrogen and oxygen atoms in total. The quantitative estimate of drug-likeness (QED) is 0.926. The standard InChI is InChI=1S/C12H11BrN2O2/c1-7-8(2)11(4-3-10(7)12(16)17)15-6-9(13)5-14-15/h3-6H,1-2H3,(H,16,17). The minimum absolute atomic E-state index is 0.331. The van der Waals surface area contributed by atoms with Crippen LogP contribution in [0.25, 0.3) is 5.69 Å². The SMILES string of the molecule is Cc1c(C(=O)O)ccc(-n2cc(Br)cn2)c1C. The van der Waals surface area contributed by atoms with Gasteiger partial charge in [-0.3, -0.25) is 0 Å². The summed E-state index contributed by atoms with van der Waals surface area (Å²) in [5.41, 5.74) is 2.90. The number of hydrogen-bond acceptors (Lipinski definition) is 2. The van der Waals surface area contributed by atoms with Crippen molar-refractivity contribution >= 4 is 21.9 Å². The molecule has 1 N–H and O–H groups in total. The first kappa shape index (κ1) is 11.9. The largest absolute Gasteiger partial charge is 0.478 e. The van der Waals surface area contributed by atoms with Gasteiger partial charge in [-0.05, 0) is 53.0 Å². The van der Waals surface area contributed by atoms with Crippen LogP contribution in [0.5, 0.6) is 0 Å². The summed E-state index contributed by atoms with van der Waals surface area (Å²) in [6.07, 6.45) is 3.53. The zero-order chi connectivity index (χ0) is 12.6. The number of hydrogen-bond donors (Lipinski definition) is 1. The Bertz CT molecular complexity index is 590. The molecule has 0 spiro atoms. The number of carboxylic acids is 1. The van der Waals surface area contributed by atoms with Crippen LogP contribution in [0, 0.1) is 13.8 Å². The van der Waals surface area contributed by atoms with Crippen molar-refractivity contribution in [1.29, 1.82) is 0 Å². The minimum atomic E-state index is -0.904. The number of rotatable bonds is 2. The molecule has 5 heteroatoms. The molecule has 0 bridgehead atoms. The third-order valence-electron chi connectivity index (χ3n) is 2.79. The van der Waals surface area contributed by atoms with Gasteiger partial charge in [0.05, 0.1) is 21.9 Å². The number of benzene rings is 1. The van der Waals surface area contributed by atoms with E-state index in [1.165, 1.54) is 0 Å². The van der Waals surface area contributed by atoms with E-state index in [0.29, 0.717) is 5.56 Å². The van der Waals surface area contributed by atoms with E-state index in [1.54, 1.807) is 29.9 Å². The second-order valence-electron chi connectivity index (χ2n) is 3.79. The molecule has 17 heavy (non-hydrogen) atoms. The van der Waals surface area contributed by atoms with Crippen molar-refractivity contribution in [3.63, 3.8) is 0 Å². The van der Waals surface area contributed by atoms with Gasteiger partial charge in [0, 0.05) is 6.20 Å². The van der Waals surface area contributed by atoms with E-state index in [9.17, 15) is 4.79 Å². The Morgan fingerprint density at radius 2 is 2.06 bits per heavy atom. The van der Waals surface area contributed by atoms with Crippen molar-refractivity contribution in [3.05, 3.63) is 45.7 Å². The average molecular weight is 295 g/mol. The maximum atomic E-state index is 11.0. The Labute approximate surface area is 107 Å². The van der Waals surface area contributed by atoms with Gasteiger partial charge in [0.15, 0.2) is 0 Å². The molecule has 0 radical (unpaired) electrons. The predicted molar refractivity (Wildman–Crippen MR) is 67.7 cm³/mol. The smallest absolute Gasteiger partial charge is 0.335 e. The lowest BCUT2D eigenvalue weighted by Crippen LogP contribution is -2.05. The fraction of sp³-hybridized carbons (Fsp3) is 0.167. The van der Waals surface area contributed by atoms with Crippen molar-refractivity contribution in [2.75, 3.05) is 0 Å². The molecule has 0 aliphatic carbocycles. The van der Waals surface area contributed by atoms with Crippen LogP contribution in [0.2, 0.25) is 0 Å². The number of carbonyl (C=O) groups is 1. The van der Waals surface area contributed by atoms with Gasteiger partial charge in [-0.25, -0.2) is 9.48 Å². The lowest BCUT2D eigenvalue weighted by atomic mass is 10.0. The number of carboxylic acid groups (broad SMARTS) is 1. The monoisotopic (exact) mass is 294 g/mol. The lowest BCUT2D eigenvalue weighted by Gasteiger charge is -2.10. The minimum Gasteiger partial charge on any atom is -0.478 e. The fourth-order valence-electron chi connectivity index (χ4n) is 1.72. The van der Waals surface area contributed by atoms with Crippen LogP contribution < -0.4 is 0 Å². The van der Waals surface area contributed by atoms with Crippen LogP contribution in [0.3, 0.4) is 0 Å². The predicted octanol–water partition coefficient (Wildman–Crippen LogP) is 2.95. The van der Waals surface area contributed by atoms with Crippen LogP contribution in [0.15, 0.2) is 29.0 Å². The van der Waals surface area contributed by atoms with E-state index in [0.717, 1.165) is 21.3 Å². The average Bonchev–Trinajstić information content (AvgIpc) is 2.68. The summed E-state index contributed by atoms with van der Waals surface area (Å²) in [6, 6.07) is 3.38. The third-order valence-corrected chi connectivity index (χ3v) is 3.20. The molecule has 2 rings (SSSR count). The highest BCUT2D eigenvalue weighted by atomic mass is 79.9. The molecule has 1 aromatic carbocycles. The van der Waals surface area contributed by atoms with Crippen LogP contribution >= 0.6 is 15.9 Å². The highest BCUT2D eigenvalue weighted by Crippen LogP contribution is 2.22. The molecular formula is C12H11BrN2O2. The van der Waals surface area contributed by atoms with Crippen molar-refractivity contribution in [3.8, 4) is 5.69 Å². The lowest BCUT2D eigenvalue weighted by molar-refractivity contribution is 0.0696. The third kappa shape index (κ3) is 2.10. The van der Waals surface area contributed by atoms with Crippen LogP contribution in [-0.4, -0.2) is 20.9 Å². The molecule has 0 fully saturated rings. The molecule has 0 unspecified atom stereocenters. The first-order valence-corrected chi connectivity index (χ1v) is 5.84. The van der Waals surface area contributed by atoms with Crippen LogP contribution in [-0.2, 0) is 0 Å². The normalized spacial score (nSPS) is 10.5. The van der Waals surface area contributed by atoms with Gasteiger partial charge < -0.3 is 5.11 Å². The zero-order valence-corrected chi connectivity index (χ0v) is 11.0. The molecule has 0 amide bonds. The number of halogens is 1. The van der Waals surface area contributed by atoms with E-state index >= 15 is 0 Å². The summed E-state index contributed by atoms with van der Waals surface area (Å²) < 4.78 is 2.61. The Balaban J connectivity index is 2.58. The van der Waals surface area contributed by atoms with E-state index in [2.05, 4.69) is 21.0 Å². The van der Waals surface area contributed by atoms with Crippen molar-refractivity contribution in [2.24, 2.45) is 0 Å². The molecule has 0 aliphatic heterocycles. The number of nitrogens with zero attached hydrogens (tertiary/aromatic N) is 2. The van der Waals surface area contributed by atoms with Gasteiger partial charge in [0.25, 0.3) is 0 Å². The maximum Gasteiger partial charge on any atom is 0.335 e. The summed E-state index contributed by atoms with van der Waals surface area (Å²) in [4.78, 5) is 11.0. The number of aromatic carboxylic acids is 1. The summed E-state index contributed by atoms with van der Waals surface area (Å²) in [7, 11) is 0. The van der Waals surface area contributed by atoms with E-state index in [4.69, 9.17) is 5.11 Å². The molecule has 88 valence electrons. The topological polar surface area (TPSA) is 55.1 Å². The first-order valence-electron chi connectivity index (χ1n) is 5.04. The van der Waals surface area contributed by atoms with Gasteiger partial charge in [0.1, 0.15) is 0 Å². The van der Waals surface area contributed by atoms with E-state index in [1.807, 2.05) is 13.1 Å². The highest BCUT2D eigenvalue weighted by Gasteiger charge is 2.12. The molecule has 0 aliphatic rings. The molecule has 2 aromatic rings. The van der Waals surface area contributed by atoms with Gasteiger partial charge in [-0.2, -0.15) is 5.10 Å². The molecule has 1 aromatic heterocycles. The van der Waals surface area contributed by atoms with Gasteiger partial charge in [-0.1, -0.05) is 0 Å². The molecular weight excluding hydrogens is 284 g/mol. The van der Waals surface area contributed by atoms with Gasteiger partial charge in [-0.15, -0.1) is 0 Å². The Hall–Kier alpha value is -1.62. The Morgan fingerprint density at radius 1 is 1.35 bits per heavy atom. The van der Waals surface area contributed by atoms with Gasteiger partial charge >= 0.3 is 5.97 Å². The van der Waals surface area contributed by atoms with Crippen LogP contribution in [0.4, 0.5) is 0 Å². The van der Waals surface area contributed by atoms with Gasteiger partial charge in [0.2, 0.25) is 0 Å². The van der Waals surface area contributed by atoms with Crippen LogP contribution in [0.1, 0.15) is 21.5 Å². The second-order valence-corrected chi connectivity index (χ2v) is 4.71. The van der Waals surface area contributed by atoms with Crippen molar-refractivity contribution in [2.45, 2.75) is 13.8 Å². The molecule has 0 saturated carbocycles. The summed E-state index contributed by atoms with van der Waals surface area (Å²) in [5, 5.41) is 13.2. The fourth-order valence-corrected chi connectivity index (χ4v) is 2.00. The Morgan fingerprint density at radius 3 is 2.59 bits per heavy atom. The molecule has 0 saturated heterocycles. The summed E-state index contributed by atoms with van der Waals surface area (Å²) >= 11 is 3.33.